The second-order valence-electron chi connectivity index (χ2n) is 3.35. The van der Waals surface area contributed by atoms with Crippen LogP contribution in [0.5, 0.6) is 5.75 Å². The molecule has 2 aromatic heterocycles. The molecule has 0 aliphatic rings. The third-order valence-electron chi connectivity index (χ3n) is 2.18. The van der Waals surface area contributed by atoms with Crippen LogP contribution in [0.25, 0.3) is 4.96 Å². The second kappa shape index (κ2) is 4.02. The molecule has 2 heterocycles. The molecule has 0 aliphatic heterocycles. The predicted octanol–water partition coefficient (Wildman–Crippen LogP) is 1.35. The Bertz CT molecular complexity index is 632. The van der Waals surface area contributed by atoms with Crippen LogP contribution in [0.2, 0.25) is 0 Å². The molecule has 7 heteroatoms. The largest absolute Gasteiger partial charge is 0.486 e. The topological polar surface area (TPSA) is 78.3 Å². The molecule has 0 amide bonds. The van der Waals surface area contributed by atoms with Gasteiger partial charge in [-0.05, 0) is 12.1 Å². The van der Waals surface area contributed by atoms with Gasteiger partial charge in [-0.2, -0.15) is 4.52 Å². The molecule has 0 unspecified atom stereocenters. The summed E-state index contributed by atoms with van der Waals surface area (Å²) in [5.74, 6) is 1.42. The van der Waals surface area contributed by atoms with Crippen molar-refractivity contribution in [2.24, 2.45) is 0 Å². The number of nitrogens with zero attached hydrogens (tertiary/aromatic N) is 4. The molecule has 0 spiro atoms. The van der Waals surface area contributed by atoms with Gasteiger partial charge in [-0.3, -0.25) is 0 Å². The van der Waals surface area contributed by atoms with Crippen molar-refractivity contribution in [1.82, 2.24) is 19.8 Å². The van der Waals surface area contributed by atoms with E-state index in [2.05, 4.69) is 15.3 Å². The van der Waals surface area contributed by atoms with Gasteiger partial charge in [0.15, 0.2) is 5.82 Å². The first-order valence-electron chi connectivity index (χ1n) is 4.97. The zero-order chi connectivity index (χ0) is 11.7. The maximum Gasteiger partial charge on any atom is 0.236 e. The Morgan fingerprint density at radius 1 is 1.24 bits per heavy atom. The van der Waals surface area contributed by atoms with Gasteiger partial charge in [0, 0.05) is 0 Å². The summed E-state index contributed by atoms with van der Waals surface area (Å²) >= 11 is 1.30. The van der Waals surface area contributed by atoms with E-state index in [1.54, 1.807) is 4.52 Å². The van der Waals surface area contributed by atoms with E-state index in [1.165, 1.54) is 11.3 Å². The summed E-state index contributed by atoms with van der Waals surface area (Å²) in [6.45, 7) is 0.314. The fourth-order valence-electron chi connectivity index (χ4n) is 1.43. The fourth-order valence-corrected chi connectivity index (χ4v) is 2.05. The van der Waals surface area contributed by atoms with Crippen LogP contribution in [0.1, 0.15) is 5.82 Å². The number of anilines is 1. The van der Waals surface area contributed by atoms with E-state index >= 15 is 0 Å². The molecule has 0 bridgehead atoms. The smallest absolute Gasteiger partial charge is 0.236 e. The predicted molar refractivity (Wildman–Crippen MR) is 63.8 cm³/mol. The van der Waals surface area contributed by atoms with Crippen LogP contribution in [0.4, 0.5) is 5.13 Å². The lowest BCUT2D eigenvalue weighted by atomic mass is 10.3. The third-order valence-corrected chi connectivity index (χ3v) is 2.91. The van der Waals surface area contributed by atoms with Crippen LogP contribution in [0, 0.1) is 0 Å². The Kier molecular flexibility index (Phi) is 2.37. The number of ether oxygens (including phenoxy) is 1. The van der Waals surface area contributed by atoms with E-state index in [0.29, 0.717) is 22.5 Å². The summed E-state index contributed by atoms with van der Waals surface area (Å²) in [5, 5.41) is 12.5. The maximum atomic E-state index is 5.59. The number of benzene rings is 1. The van der Waals surface area contributed by atoms with Gasteiger partial charge in [-0.1, -0.05) is 29.5 Å². The number of aromatic nitrogens is 4. The molecule has 3 rings (SSSR count). The molecule has 3 aromatic rings. The minimum absolute atomic E-state index is 0.314. The zero-order valence-corrected chi connectivity index (χ0v) is 9.59. The Labute approximate surface area is 101 Å². The van der Waals surface area contributed by atoms with Gasteiger partial charge in [-0.25, -0.2) is 0 Å². The molecule has 0 saturated carbocycles. The number of nitrogen functional groups attached to an aromatic ring is 1. The highest BCUT2D eigenvalue weighted by atomic mass is 32.1. The van der Waals surface area contributed by atoms with Crippen molar-refractivity contribution in [3.63, 3.8) is 0 Å². The van der Waals surface area contributed by atoms with Crippen LogP contribution < -0.4 is 10.5 Å². The van der Waals surface area contributed by atoms with Crippen LogP contribution in [0.15, 0.2) is 30.3 Å². The third kappa shape index (κ3) is 1.92. The summed E-state index contributed by atoms with van der Waals surface area (Å²) in [6, 6.07) is 9.52. The number of hydrogen-bond acceptors (Lipinski definition) is 6. The molecule has 2 N–H and O–H groups in total. The normalized spacial score (nSPS) is 10.8. The van der Waals surface area contributed by atoms with Crippen LogP contribution in [0.3, 0.4) is 0 Å². The van der Waals surface area contributed by atoms with E-state index in [4.69, 9.17) is 10.5 Å². The van der Waals surface area contributed by atoms with Crippen molar-refractivity contribution in [3.05, 3.63) is 36.2 Å². The fraction of sp³-hybridized carbons (Fsp3) is 0.100. The molecule has 0 fully saturated rings. The Balaban J connectivity index is 1.81. The van der Waals surface area contributed by atoms with Crippen molar-refractivity contribution in [2.45, 2.75) is 6.61 Å². The van der Waals surface area contributed by atoms with Gasteiger partial charge < -0.3 is 10.5 Å². The standard InChI is InChI=1S/C10H9N5OS/c11-9-14-15-8(12-13-10(15)17-9)6-16-7-4-2-1-3-5-7/h1-5H,6H2,(H2,11,14). The lowest BCUT2D eigenvalue weighted by Gasteiger charge is -2.02. The van der Waals surface area contributed by atoms with Crippen LogP contribution in [-0.2, 0) is 6.61 Å². The SMILES string of the molecule is Nc1nn2c(COc3ccccc3)nnc2s1. The van der Waals surface area contributed by atoms with Crippen LogP contribution in [-0.4, -0.2) is 19.8 Å². The monoisotopic (exact) mass is 247 g/mol. The molecule has 0 atom stereocenters. The van der Waals surface area contributed by atoms with Crippen molar-refractivity contribution in [2.75, 3.05) is 5.73 Å². The summed E-state index contributed by atoms with van der Waals surface area (Å²) in [6.07, 6.45) is 0. The molecule has 1 aromatic carbocycles. The Hall–Kier alpha value is -2.15. The number of rotatable bonds is 3. The molecule has 0 radical (unpaired) electrons. The lowest BCUT2D eigenvalue weighted by Crippen LogP contribution is -2.02. The summed E-state index contributed by atoms with van der Waals surface area (Å²) < 4.78 is 7.17. The first-order valence-corrected chi connectivity index (χ1v) is 5.79. The van der Waals surface area contributed by atoms with Crippen LogP contribution >= 0.6 is 11.3 Å². The van der Waals surface area contributed by atoms with E-state index in [1.807, 2.05) is 30.3 Å². The molecule has 86 valence electrons. The molecule has 17 heavy (non-hydrogen) atoms. The number of fused-ring (bicyclic) bond motifs is 1. The maximum absolute atomic E-state index is 5.59. The van der Waals surface area contributed by atoms with Crippen molar-refractivity contribution < 1.29 is 4.74 Å². The van der Waals surface area contributed by atoms with Gasteiger partial charge in [-0.15, -0.1) is 15.3 Å². The molecule has 0 aliphatic carbocycles. The Morgan fingerprint density at radius 3 is 2.88 bits per heavy atom. The minimum atomic E-state index is 0.314. The number of hydrogen-bond donors (Lipinski definition) is 1. The molecule has 6 nitrogen and oxygen atoms in total. The zero-order valence-electron chi connectivity index (χ0n) is 8.78. The van der Waals surface area contributed by atoms with E-state index in [-0.39, 0.29) is 0 Å². The van der Waals surface area contributed by atoms with Gasteiger partial charge in [0.1, 0.15) is 12.4 Å². The van der Waals surface area contributed by atoms with Crippen molar-refractivity contribution in [1.29, 1.82) is 0 Å². The van der Waals surface area contributed by atoms with Gasteiger partial charge in [0.2, 0.25) is 10.1 Å². The van der Waals surface area contributed by atoms with Gasteiger partial charge >= 0.3 is 0 Å². The molecular formula is C10H9N5OS. The first kappa shape index (κ1) is 10.0. The highest BCUT2D eigenvalue weighted by Gasteiger charge is 2.10. The summed E-state index contributed by atoms with van der Waals surface area (Å²) in [4.78, 5) is 0.675. The van der Waals surface area contributed by atoms with Gasteiger partial charge in [0.05, 0.1) is 0 Å². The quantitative estimate of drug-likeness (QED) is 0.755. The second-order valence-corrected chi connectivity index (χ2v) is 4.34. The number of para-hydroxylation sites is 1. The van der Waals surface area contributed by atoms with E-state index < -0.39 is 0 Å². The average molecular weight is 247 g/mol. The number of nitrogens with two attached hydrogens (primary N) is 1. The van der Waals surface area contributed by atoms with Crippen molar-refractivity contribution in [3.8, 4) is 5.75 Å². The highest BCUT2D eigenvalue weighted by molar-refractivity contribution is 7.20. The van der Waals surface area contributed by atoms with Crippen molar-refractivity contribution >= 4 is 21.4 Å². The van der Waals surface area contributed by atoms with E-state index in [0.717, 1.165) is 5.75 Å². The van der Waals surface area contributed by atoms with E-state index in [9.17, 15) is 0 Å². The Morgan fingerprint density at radius 2 is 2.06 bits per heavy atom. The lowest BCUT2D eigenvalue weighted by molar-refractivity contribution is 0.293. The minimum Gasteiger partial charge on any atom is -0.486 e. The summed E-state index contributed by atoms with van der Waals surface area (Å²) in [7, 11) is 0. The van der Waals surface area contributed by atoms with Gasteiger partial charge in [0.25, 0.3) is 0 Å². The first-order chi connectivity index (χ1) is 8.33. The average Bonchev–Trinajstić information content (AvgIpc) is 2.87. The molecule has 0 saturated heterocycles. The highest BCUT2D eigenvalue weighted by Crippen LogP contribution is 2.16. The molecular weight excluding hydrogens is 238 g/mol. The summed E-state index contributed by atoms with van der Waals surface area (Å²) in [5.41, 5.74) is 5.59.